The molecule has 1 rings (SSSR count). The van der Waals surface area contributed by atoms with E-state index in [-0.39, 0.29) is 11.1 Å². The van der Waals surface area contributed by atoms with Crippen LogP contribution in [0.2, 0.25) is 10.0 Å². The molecule has 0 amide bonds. The predicted octanol–water partition coefficient (Wildman–Crippen LogP) is 2.86. The second-order valence-electron chi connectivity index (χ2n) is 2.97. The second kappa shape index (κ2) is 4.70. The van der Waals surface area contributed by atoms with Crippen LogP contribution in [0.25, 0.3) is 0 Å². The number of aliphatic hydroxyl groups is 1. The molecule has 1 aromatic carbocycles. The Morgan fingerprint density at radius 3 is 2.53 bits per heavy atom. The third-order valence-corrected chi connectivity index (χ3v) is 2.68. The van der Waals surface area contributed by atoms with Gasteiger partial charge in [-0.15, -0.1) is 11.8 Å². The van der Waals surface area contributed by atoms with Gasteiger partial charge < -0.3 is 5.11 Å². The molecule has 1 N–H and O–H groups in total. The van der Waals surface area contributed by atoms with Gasteiger partial charge in [-0.3, -0.25) is 10.1 Å². The van der Waals surface area contributed by atoms with E-state index in [1.54, 1.807) is 0 Å². The van der Waals surface area contributed by atoms with Crippen molar-refractivity contribution in [3.63, 3.8) is 0 Å². The van der Waals surface area contributed by atoms with E-state index < -0.39 is 11.0 Å². The minimum atomic E-state index is -1.27. The summed E-state index contributed by atoms with van der Waals surface area (Å²) in [4.78, 5) is 9.78. The zero-order valence-corrected chi connectivity index (χ0v) is 9.29. The van der Waals surface area contributed by atoms with Gasteiger partial charge >= 0.3 is 0 Å². The van der Waals surface area contributed by atoms with Crippen molar-refractivity contribution in [2.45, 2.75) is 13.0 Å². The van der Waals surface area contributed by atoms with Crippen molar-refractivity contribution in [2.24, 2.45) is 0 Å². The minimum Gasteiger partial charge on any atom is -0.412 e. The summed E-state index contributed by atoms with van der Waals surface area (Å²) in [6.07, 6.45) is -1.27. The predicted molar refractivity (Wildman–Crippen MR) is 57.3 cm³/mol. The van der Waals surface area contributed by atoms with Crippen LogP contribution in [0.5, 0.6) is 0 Å². The lowest BCUT2D eigenvalue weighted by Gasteiger charge is -2.23. The van der Waals surface area contributed by atoms with E-state index in [1.165, 1.54) is 25.1 Å². The van der Waals surface area contributed by atoms with Crippen LogP contribution in [0.15, 0.2) is 18.2 Å². The monoisotopic (exact) mass is 248 g/mol. The molecule has 0 heterocycles. The summed E-state index contributed by atoms with van der Waals surface area (Å²) < 4.78 is 0. The van der Waals surface area contributed by atoms with Crippen molar-refractivity contribution in [3.05, 3.63) is 50.0 Å². The number of benzene rings is 1. The second-order valence-corrected chi connectivity index (χ2v) is 3.79. The first kappa shape index (κ1) is 12.1. The number of aliphatic hydroxyl groups excluding tert-OH is 1. The molecular weight excluding hydrogens is 241 g/mol. The number of hydrogen-bond donors (Lipinski definition) is 1. The van der Waals surface area contributed by atoms with E-state index in [4.69, 9.17) is 23.2 Å². The Labute approximate surface area is 96.6 Å². The Balaban J connectivity index is 2.96. The molecular formula is C9H8Cl2NO3-. The lowest BCUT2D eigenvalue weighted by molar-refractivity contribution is -0.476. The van der Waals surface area contributed by atoms with E-state index in [9.17, 15) is 15.2 Å². The number of nitrogens with zero attached hydrogens (tertiary/aromatic N) is 1. The van der Waals surface area contributed by atoms with Gasteiger partial charge in [-0.05, 0) is 23.7 Å². The van der Waals surface area contributed by atoms with Crippen LogP contribution < -0.4 is 0 Å². The van der Waals surface area contributed by atoms with Crippen molar-refractivity contribution < 1.29 is 10.0 Å². The van der Waals surface area contributed by atoms with Gasteiger partial charge in [0.1, 0.15) is 0 Å². The fourth-order valence-corrected chi connectivity index (χ4v) is 1.33. The molecule has 1 unspecified atom stereocenters. The zero-order chi connectivity index (χ0) is 11.6. The molecule has 0 spiro atoms. The summed E-state index contributed by atoms with van der Waals surface area (Å²) >= 11 is 11.4. The molecule has 0 radical (unpaired) electrons. The van der Waals surface area contributed by atoms with E-state index in [1.807, 2.05) is 0 Å². The zero-order valence-electron chi connectivity index (χ0n) is 7.78. The minimum absolute atomic E-state index is 0.254. The molecule has 0 fully saturated rings. The summed E-state index contributed by atoms with van der Waals surface area (Å²) in [6, 6.07) is 4.12. The average molecular weight is 249 g/mol. The number of nitro groups is 1. The highest BCUT2D eigenvalue weighted by Crippen LogP contribution is 2.29. The van der Waals surface area contributed by atoms with Crippen molar-refractivity contribution >= 4 is 23.2 Å². The number of hydrogen-bond acceptors (Lipinski definition) is 3. The van der Waals surface area contributed by atoms with Crippen molar-refractivity contribution in [3.8, 4) is 0 Å². The first-order valence-corrected chi connectivity index (χ1v) is 4.80. The lowest BCUT2D eigenvalue weighted by atomic mass is 10.0. The van der Waals surface area contributed by atoms with Crippen LogP contribution in [0, 0.1) is 16.2 Å². The summed E-state index contributed by atoms with van der Waals surface area (Å²) in [5.41, 5.74) is 0.346. The first-order chi connectivity index (χ1) is 6.93. The molecule has 82 valence electrons. The Morgan fingerprint density at radius 1 is 1.47 bits per heavy atom. The Kier molecular flexibility index (Phi) is 3.79. The van der Waals surface area contributed by atoms with E-state index >= 15 is 0 Å². The lowest BCUT2D eigenvalue weighted by Crippen LogP contribution is -2.15. The Bertz CT molecular complexity index is 384. The van der Waals surface area contributed by atoms with Crippen LogP contribution >= 0.6 is 23.2 Å². The Morgan fingerprint density at radius 2 is 2.07 bits per heavy atom. The summed E-state index contributed by atoms with van der Waals surface area (Å²) in [6.45, 7) is 1.24. The smallest absolute Gasteiger partial charge is 0.0595 e. The standard InChI is InChI=1S/C9H8Cl2NO3/c1-5(12(14)15)9(13)6-2-3-7(10)8(11)4-6/h2-4,9,13H,1H3/q-1. The summed E-state index contributed by atoms with van der Waals surface area (Å²) in [5, 5.41) is 20.6. The maximum Gasteiger partial charge on any atom is 0.0595 e. The van der Waals surface area contributed by atoms with Crippen molar-refractivity contribution in [1.82, 2.24) is 0 Å². The van der Waals surface area contributed by atoms with Crippen LogP contribution in [-0.4, -0.2) is 10.0 Å². The largest absolute Gasteiger partial charge is 0.412 e. The molecule has 1 aromatic rings. The van der Waals surface area contributed by atoms with E-state index in [2.05, 4.69) is 0 Å². The van der Waals surface area contributed by atoms with Crippen LogP contribution in [-0.2, 0) is 0 Å². The normalized spacial score (nSPS) is 12.3. The van der Waals surface area contributed by atoms with Gasteiger partial charge in [-0.1, -0.05) is 29.3 Å². The molecule has 15 heavy (non-hydrogen) atoms. The maximum atomic E-state index is 10.4. The van der Waals surface area contributed by atoms with Gasteiger partial charge in [0.25, 0.3) is 0 Å². The highest BCUT2D eigenvalue weighted by molar-refractivity contribution is 6.42. The van der Waals surface area contributed by atoms with Crippen LogP contribution in [0.3, 0.4) is 0 Å². The third-order valence-electron chi connectivity index (χ3n) is 1.94. The van der Waals surface area contributed by atoms with Gasteiger partial charge in [-0.25, -0.2) is 0 Å². The van der Waals surface area contributed by atoms with Gasteiger partial charge in [0.05, 0.1) is 10.0 Å². The Hall–Kier alpha value is -0.970. The average Bonchev–Trinajstić information content (AvgIpc) is 2.19. The highest BCUT2D eigenvalue weighted by Gasteiger charge is 2.14. The maximum absolute atomic E-state index is 10.4. The molecule has 0 saturated heterocycles. The third kappa shape index (κ3) is 2.75. The molecule has 6 heteroatoms. The van der Waals surface area contributed by atoms with Crippen molar-refractivity contribution in [2.75, 3.05) is 0 Å². The van der Waals surface area contributed by atoms with Gasteiger partial charge in [0.2, 0.25) is 0 Å². The number of halogens is 2. The van der Waals surface area contributed by atoms with Crippen molar-refractivity contribution in [1.29, 1.82) is 0 Å². The van der Waals surface area contributed by atoms with Crippen LogP contribution in [0.4, 0.5) is 0 Å². The van der Waals surface area contributed by atoms with Gasteiger partial charge in [0, 0.05) is 6.10 Å². The molecule has 0 aromatic heterocycles. The fourth-order valence-electron chi connectivity index (χ4n) is 1.02. The quantitative estimate of drug-likeness (QED) is 0.509. The van der Waals surface area contributed by atoms with E-state index in [0.717, 1.165) is 0 Å². The summed E-state index contributed by atoms with van der Waals surface area (Å²) in [5.74, 6) is 0. The molecule has 0 aliphatic rings. The number of rotatable bonds is 3. The molecule has 0 aliphatic carbocycles. The molecule has 0 aliphatic heterocycles. The first-order valence-electron chi connectivity index (χ1n) is 4.04. The summed E-state index contributed by atoms with van der Waals surface area (Å²) in [7, 11) is 0. The SMILES string of the molecule is C[C-](C(O)c1ccc(Cl)c(Cl)c1)[N+](=O)[O-]. The molecule has 1 atom stereocenters. The fraction of sp³-hybridized carbons (Fsp3) is 0.222. The molecule has 0 saturated carbocycles. The van der Waals surface area contributed by atoms with E-state index in [0.29, 0.717) is 10.6 Å². The van der Waals surface area contributed by atoms with Gasteiger partial charge in [-0.2, -0.15) is 0 Å². The molecule has 0 bridgehead atoms. The highest BCUT2D eigenvalue weighted by atomic mass is 35.5. The van der Waals surface area contributed by atoms with Crippen LogP contribution in [0.1, 0.15) is 18.6 Å². The molecule has 4 nitrogen and oxygen atoms in total. The van der Waals surface area contributed by atoms with Gasteiger partial charge in [0.15, 0.2) is 0 Å². The topological polar surface area (TPSA) is 63.4 Å².